The van der Waals surface area contributed by atoms with Crippen molar-refractivity contribution in [2.24, 2.45) is 0 Å². The van der Waals surface area contributed by atoms with E-state index in [1.807, 2.05) is 0 Å². The number of carbonyl (C=O) groups is 2. The van der Waals surface area contributed by atoms with Gasteiger partial charge in [-0.1, -0.05) is 0 Å². The largest absolute Gasteiger partial charge is 0.479 e. The molecule has 1 aliphatic rings. The highest BCUT2D eigenvalue weighted by molar-refractivity contribution is 5.99. The predicted octanol–water partition coefficient (Wildman–Crippen LogP) is 2.05. The number of hydrogen-bond donors (Lipinski definition) is 3. The molecule has 0 aromatic heterocycles. The molecular formula is C14H15F3N2O4. The Bertz CT molecular complexity index is 643. The topological polar surface area (TPSA) is 87.7 Å². The molecule has 6 nitrogen and oxygen atoms in total. The molecule has 1 heterocycles. The van der Waals surface area contributed by atoms with Gasteiger partial charge in [-0.05, 0) is 32.0 Å². The molecule has 0 saturated carbocycles. The summed E-state index contributed by atoms with van der Waals surface area (Å²) in [6.45, 7) is 2.09. The third-order valence-corrected chi connectivity index (χ3v) is 3.31. The first-order chi connectivity index (χ1) is 10.5. The van der Waals surface area contributed by atoms with Crippen LogP contribution in [-0.2, 0) is 9.59 Å². The number of fused-ring (bicyclic) bond motifs is 1. The van der Waals surface area contributed by atoms with Crippen molar-refractivity contribution in [1.82, 2.24) is 0 Å². The van der Waals surface area contributed by atoms with E-state index in [9.17, 15) is 27.9 Å². The van der Waals surface area contributed by atoms with Crippen LogP contribution in [0.15, 0.2) is 18.2 Å². The van der Waals surface area contributed by atoms with Gasteiger partial charge in [0, 0.05) is 5.69 Å². The van der Waals surface area contributed by atoms with Crippen molar-refractivity contribution in [3.8, 4) is 5.75 Å². The third-order valence-electron chi connectivity index (χ3n) is 3.31. The van der Waals surface area contributed by atoms with Gasteiger partial charge in [0.15, 0.2) is 11.7 Å². The molecule has 1 aromatic carbocycles. The van der Waals surface area contributed by atoms with E-state index < -0.39 is 30.2 Å². The molecule has 0 saturated heterocycles. The molecular weight excluding hydrogens is 317 g/mol. The van der Waals surface area contributed by atoms with Crippen LogP contribution < -0.4 is 15.4 Å². The van der Waals surface area contributed by atoms with Crippen LogP contribution >= 0.6 is 0 Å². The van der Waals surface area contributed by atoms with Crippen molar-refractivity contribution in [2.45, 2.75) is 38.1 Å². The zero-order valence-corrected chi connectivity index (χ0v) is 12.3. The van der Waals surface area contributed by atoms with E-state index >= 15 is 0 Å². The number of hydrogen-bond acceptors (Lipinski definition) is 4. The number of nitrogens with one attached hydrogen (secondary N) is 2. The molecule has 1 aliphatic heterocycles. The minimum absolute atomic E-state index is 0.171. The van der Waals surface area contributed by atoms with Crippen molar-refractivity contribution in [2.75, 3.05) is 10.6 Å². The quantitative estimate of drug-likeness (QED) is 0.790. The second kappa shape index (κ2) is 5.73. The highest BCUT2D eigenvalue weighted by Crippen LogP contribution is 2.34. The van der Waals surface area contributed by atoms with Crippen LogP contribution in [0.25, 0.3) is 0 Å². The number of amides is 2. The average molecular weight is 332 g/mol. The van der Waals surface area contributed by atoms with E-state index in [1.54, 1.807) is 6.92 Å². The van der Waals surface area contributed by atoms with Crippen LogP contribution in [0.1, 0.15) is 20.3 Å². The van der Waals surface area contributed by atoms with E-state index in [2.05, 4.69) is 10.6 Å². The first-order valence-corrected chi connectivity index (χ1v) is 6.70. The van der Waals surface area contributed by atoms with Gasteiger partial charge in [0.25, 0.3) is 5.91 Å². The molecule has 2 rings (SSSR count). The van der Waals surface area contributed by atoms with Gasteiger partial charge in [-0.3, -0.25) is 9.59 Å². The molecule has 2 atom stereocenters. The van der Waals surface area contributed by atoms with E-state index in [1.165, 1.54) is 18.2 Å². The second-order valence-corrected chi connectivity index (χ2v) is 5.46. The van der Waals surface area contributed by atoms with Crippen LogP contribution in [0.5, 0.6) is 5.75 Å². The molecule has 0 unspecified atom stereocenters. The van der Waals surface area contributed by atoms with Crippen molar-refractivity contribution in [1.29, 1.82) is 0 Å². The second-order valence-electron chi connectivity index (χ2n) is 5.46. The Morgan fingerprint density at radius 2 is 2.09 bits per heavy atom. The number of ether oxygens (including phenoxy) is 1. The molecule has 2 amide bonds. The molecule has 0 fully saturated rings. The molecule has 0 spiro atoms. The smallest absolute Gasteiger partial charge is 0.417 e. The molecule has 23 heavy (non-hydrogen) atoms. The fraction of sp³-hybridized carbons (Fsp3) is 0.429. The normalized spacial score (nSPS) is 19.9. The number of carbonyl (C=O) groups excluding carboxylic acids is 2. The highest BCUT2D eigenvalue weighted by atomic mass is 19.4. The lowest BCUT2D eigenvalue weighted by Crippen LogP contribution is -2.44. The van der Waals surface area contributed by atoms with Crippen LogP contribution in [-0.4, -0.2) is 34.8 Å². The minimum atomic E-state index is -4.92. The standard InChI is InChI=1S/C14H15F3N2O4/c1-7-12(21)19-9-5-8(3-4-10(9)23-7)18-11(20)6-13(2,22)14(15,16)17/h3-5,7,22H,6H2,1-2H3,(H,18,20)(H,19,21)/t7-,13+/m1/s1. The monoisotopic (exact) mass is 332 g/mol. The lowest BCUT2D eigenvalue weighted by Gasteiger charge is -2.26. The average Bonchev–Trinajstić information content (AvgIpc) is 2.38. The Labute approximate surface area is 129 Å². The van der Waals surface area contributed by atoms with Crippen molar-refractivity contribution in [3.63, 3.8) is 0 Å². The van der Waals surface area contributed by atoms with Gasteiger partial charge in [-0.25, -0.2) is 0 Å². The van der Waals surface area contributed by atoms with Gasteiger partial charge >= 0.3 is 6.18 Å². The van der Waals surface area contributed by atoms with Crippen LogP contribution in [0.3, 0.4) is 0 Å². The minimum Gasteiger partial charge on any atom is -0.479 e. The van der Waals surface area contributed by atoms with Gasteiger partial charge < -0.3 is 20.5 Å². The Balaban J connectivity index is 2.08. The molecule has 0 bridgehead atoms. The fourth-order valence-electron chi connectivity index (χ4n) is 1.90. The molecule has 0 aliphatic carbocycles. The van der Waals surface area contributed by atoms with Crippen LogP contribution in [0, 0.1) is 0 Å². The summed E-state index contributed by atoms with van der Waals surface area (Å²) in [6, 6.07) is 4.26. The van der Waals surface area contributed by atoms with E-state index in [0.29, 0.717) is 18.4 Å². The molecule has 3 N–H and O–H groups in total. The summed E-state index contributed by atoms with van der Waals surface area (Å²) in [5, 5.41) is 14.1. The Hall–Kier alpha value is -2.29. The summed E-state index contributed by atoms with van der Waals surface area (Å²) >= 11 is 0. The summed E-state index contributed by atoms with van der Waals surface area (Å²) < 4.78 is 42.9. The van der Waals surface area contributed by atoms with Gasteiger partial charge in [-0.2, -0.15) is 13.2 Å². The maximum Gasteiger partial charge on any atom is 0.417 e. The summed E-state index contributed by atoms with van der Waals surface area (Å²) in [4.78, 5) is 23.2. The van der Waals surface area contributed by atoms with Crippen molar-refractivity contribution < 1.29 is 32.6 Å². The molecule has 126 valence electrons. The fourth-order valence-corrected chi connectivity index (χ4v) is 1.90. The lowest BCUT2D eigenvalue weighted by molar-refractivity contribution is -0.252. The van der Waals surface area contributed by atoms with Gasteiger partial charge in [0.1, 0.15) is 5.75 Å². The maximum atomic E-state index is 12.5. The highest BCUT2D eigenvalue weighted by Gasteiger charge is 2.51. The number of halogens is 3. The predicted molar refractivity (Wildman–Crippen MR) is 75.1 cm³/mol. The van der Waals surface area contributed by atoms with Crippen molar-refractivity contribution >= 4 is 23.2 Å². The van der Waals surface area contributed by atoms with Crippen LogP contribution in [0.2, 0.25) is 0 Å². The number of aliphatic hydroxyl groups is 1. The molecule has 0 radical (unpaired) electrons. The SMILES string of the molecule is C[C@H]1Oc2ccc(NC(=O)C[C@](C)(O)C(F)(F)F)cc2NC1=O. The summed E-state index contributed by atoms with van der Waals surface area (Å²) in [5.41, 5.74) is -2.66. The Kier molecular flexibility index (Phi) is 4.25. The van der Waals surface area contributed by atoms with Crippen LogP contribution in [0.4, 0.5) is 24.5 Å². The number of rotatable bonds is 3. The van der Waals surface area contributed by atoms with Gasteiger partial charge in [-0.15, -0.1) is 0 Å². The first-order valence-electron chi connectivity index (χ1n) is 6.70. The van der Waals surface area contributed by atoms with Gasteiger partial charge in [0.2, 0.25) is 5.91 Å². The number of benzene rings is 1. The third kappa shape index (κ3) is 3.73. The molecule has 1 aromatic rings. The number of anilines is 2. The van der Waals surface area contributed by atoms with Crippen molar-refractivity contribution in [3.05, 3.63) is 18.2 Å². The Morgan fingerprint density at radius 3 is 2.70 bits per heavy atom. The van der Waals surface area contributed by atoms with E-state index in [4.69, 9.17) is 4.74 Å². The molecule has 9 heteroatoms. The Morgan fingerprint density at radius 1 is 1.43 bits per heavy atom. The summed E-state index contributed by atoms with van der Waals surface area (Å²) in [7, 11) is 0. The summed E-state index contributed by atoms with van der Waals surface area (Å²) in [5.74, 6) is -0.998. The van der Waals surface area contributed by atoms with Gasteiger partial charge in [0.05, 0.1) is 12.1 Å². The summed E-state index contributed by atoms with van der Waals surface area (Å²) in [6.07, 6.45) is -6.73. The first kappa shape index (κ1) is 17.1. The maximum absolute atomic E-state index is 12.5. The number of alkyl halides is 3. The zero-order valence-electron chi connectivity index (χ0n) is 12.3. The van der Waals surface area contributed by atoms with E-state index in [0.717, 1.165) is 0 Å². The van der Waals surface area contributed by atoms with E-state index in [-0.39, 0.29) is 11.6 Å². The zero-order chi connectivity index (χ0) is 17.4. The lowest BCUT2D eigenvalue weighted by atomic mass is 10.0.